The molecule has 0 aromatic carbocycles. The predicted molar refractivity (Wildman–Crippen MR) is 173 cm³/mol. The molecule has 0 radical (unpaired) electrons. The lowest BCUT2D eigenvalue weighted by Gasteiger charge is -2.39. The van der Waals surface area contributed by atoms with E-state index in [1.54, 1.807) is 0 Å². The molecule has 0 aromatic rings. The molecule has 0 amide bonds. The summed E-state index contributed by atoms with van der Waals surface area (Å²) in [5, 5.41) is 27.1. The first kappa shape index (κ1) is 40.1. The summed E-state index contributed by atoms with van der Waals surface area (Å²) in [6, 6.07) is 0. The Kier molecular flexibility index (Phi) is 27.9. The highest BCUT2D eigenvalue weighted by Gasteiger charge is 2.26. The van der Waals surface area contributed by atoms with Crippen molar-refractivity contribution in [2.24, 2.45) is 0 Å². The van der Waals surface area contributed by atoms with Crippen molar-refractivity contribution in [2.45, 2.75) is 167 Å². The van der Waals surface area contributed by atoms with E-state index in [2.05, 4.69) is 19.1 Å². The molecule has 0 aliphatic heterocycles. The number of aliphatic carboxylic acids is 3. The molecule has 0 saturated heterocycles. The Morgan fingerprint density at radius 1 is 0.429 bits per heavy atom. The molecule has 0 unspecified atom stereocenters. The van der Waals surface area contributed by atoms with Crippen LogP contribution in [0.25, 0.3) is 0 Å². The molecule has 7 heteroatoms. The number of rotatable bonds is 33. The summed E-state index contributed by atoms with van der Waals surface area (Å²) < 4.78 is 0.865. The molecule has 0 aliphatic carbocycles. The summed E-state index contributed by atoms with van der Waals surface area (Å²) >= 11 is 0. The van der Waals surface area contributed by atoms with Crippen LogP contribution in [0.3, 0.4) is 0 Å². The zero-order valence-electron chi connectivity index (χ0n) is 27.2. The molecular formula is C35H66NO6+. The van der Waals surface area contributed by atoms with E-state index >= 15 is 0 Å². The molecule has 0 rings (SSSR count). The fourth-order valence-corrected chi connectivity index (χ4v) is 5.89. The molecular weight excluding hydrogens is 530 g/mol. The Morgan fingerprint density at radius 3 is 1.05 bits per heavy atom. The number of carboxylic acid groups (broad SMARTS) is 3. The Bertz CT molecular complexity index is 638. The first-order valence-electron chi connectivity index (χ1n) is 17.5. The maximum absolute atomic E-state index is 11.0. The van der Waals surface area contributed by atoms with Crippen LogP contribution in [0.1, 0.15) is 167 Å². The van der Waals surface area contributed by atoms with Gasteiger partial charge in [-0.15, -0.1) is 0 Å². The van der Waals surface area contributed by atoms with E-state index in [1.165, 1.54) is 96.3 Å². The van der Waals surface area contributed by atoms with Gasteiger partial charge in [0.05, 0.1) is 26.2 Å². The van der Waals surface area contributed by atoms with Gasteiger partial charge >= 0.3 is 17.9 Å². The van der Waals surface area contributed by atoms with Gasteiger partial charge in [-0.3, -0.25) is 14.4 Å². The molecule has 0 saturated carbocycles. The second kappa shape index (κ2) is 29.2. The first-order chi connectivity index (χ1) is 20.3. The Morgan fingerprint density at radius 2 is 0.714 bits per heavy atom. The lowest BCUT2D eigenvalue weighted by Crippen LogP contribution is -2.51. The van der Waals surface area contributed by atoms with Crippen molar-refractivity contribution < 1.29 is 34.2 Å². The lowest BCUT2D eigenvalue weighted by atomic mass is 10.1. The molecule has 42 heavy (non-hydrogen) atoms. The fraction of sp³-hybridized carbons (Fsp3) is 0.857. The van der Waals surface area contributed by atoms with Gasteiger partial charge < -0.3 is 19.8 Å². The molecule has 7 nitrogen and oxygen atoms in total. The summed E-state index contributed by atoms with van der Waals surface area (Å²) in [5.41, 5.74) is 0. The number of quaternary nitrogens is 1. The minimum atomic E-state index is -0.768. The molecule has 0 spiro atoms. The number of unbranched alkanes of at least 4 members (excludes halogenated alkanes) is 17. The van der Waals surface area contributed by atoms with E-state index in [-0.39, 0.29) is 19.3 Å². The predicted octanol–water partition coefficient (Wildman–Crippen LogP) is 9.39. The largest absolute Gasteiger partial charge is 0.481 e. The Labute approximate surface area is 257 Å². The number of hydrogen-bond donors (Lipinski definition) is 3. The van der Waals surface area contributed by atoms with Crippen molar-refractivity contribution in [3.05, 3.63) is 12.2 Å². The van der Waals surface area contributed by atoms with Gasteiger partial charge in [0.2, 0.25) is 0 Å². The van der Waals surface area contributed by atoms with Gasteiger partial charge in [-0.25, -0.2) is 0 Å². The van der Waals surface area contributed by atoms with Crippen LogP contribution in [0.5, 0.6) is 0 Å². The number of nitrogens with zero attached hydrogens (tertiary/aromatic N) is 1. The average molecular weight is 597 g/mol. The second-order valence-electron chi connectivity index (χ2n) is 12.4. The number of hydrogen-bond acceptors (Lipinski definition) is 3. The van der Waals surface area contributed by atoms with Gasteiger partial charge in [0.25, 0.3) is 0 Å². The first-order valence-corrected chi connectivity index (χ1v) is 17.5. The number of carbonyl (C=O) groups is 3. The SMILES string of the molecule is CCCCCCCCC/C=C/CCCCCCCCC[N+](CCCCC(=O)O)(CCCCC(=O)O)CCCCC(=O)O. The molecule has 0 aliphatic rings. The quantitative estimate of drug-likeness (QED) is 0.0395. The van der Waals surface area contributed by atoms with Crippen LogP contribution in [0.2, 0.25) is 0 Å². The summed E-state index contributed by atoms with van der Waals surface area (Å²) in [5.74, 6) is -2.30. The van der Waals surface area contributed by atoms with Crippen LogP contribution < -0.4 is 0 Å². The van der Waals surface area contributed by atoms with Crippen LogP contribution in [-0.4, -0.2) is 63.9 Å². The summed E-state index contributed by atoms with van der Waals surface area (Å²) in [6.07, 6.45) is 30.3. The van der Waals surface area contributed by atoms with E-state index < -0.39 is 17.9 Å². The molecule has 0 bridgehead atoms. The van der Waals surface area contributed by atoms with Crippen molar-refractivity contribution >= 4 is 17.9 Å². The van der Waals surface area contributed by atoms with Gasteiger partial charge in [0, 0.05) is 19.3 Å². The van der Waals surface area contributed by atoms with E-state index in [0.717, 1.165) is 56.3 Å². The second-order valence-corrected chi connectivity index (χ2v) is 12.4. The third kappa shape index (κ3) is 28.2. The summed E-state index contributed by atoms with van der Waals surface area (Å²) in [6.45, 7) is 5.94. The van der Waals surface area contributed by atoms with Crippen LogP contribution in [-0.2, 0) is 14.4 Å². The molecule has 3 N–H and O–H groups in total. The standard InChI is InChI=1S/C35H65NO6/c1-2-3-4-5-6-7-8-9-10-11-12-13-14-15-16-17-18-22-29-36(30-23-19-26-33(37)38,31-24-20-27-34(39)40)32-25-21-28-35(41)42/h10-11H,2-9,12-32H2,1H3,(H2-,37,38,39,40,41,42)/p+1/b11-10+. The number of carboxylic acids is 3. The molecule has 246 valence electrons. The average Bonchev–Trinajstić information content (AvgIpc) is 2.94. The van der Waals surface area contributed by atoms with Gasteiger partial charge in [0.1, 0.15) is 0 Å². The molecule has 0 atom stereocenters. The summed E-state index contributed by atoms with van der Waals surface area (Å²) in [4.78, 5) is 33.0. The van der Waals surface area contributed by atoms with Crippen LogP contribution in [0, 0.1) is 0 Å². The fourth-order valence-electron chi connectivity index (χ4n) is 5.89. The highest BCUT2D eigenvalue weighted by atomic mass is 16.4. The smallest absolute Gasteiger partial charge is 0.303 e. The minimum absolute atomic E-state index is 0.174. The highest BCUT2D eigenvalue weighted by molar-refractivity contribution is 5.67. The molecule has 0 heterocycles. The maximum Gasteiger partial charge on any atom is 0.303 e. The highest BCUT2D eigenvalue weighted by Crippen LogP contribution is 2.20. The van der Waals surface area contributed by atoms with E-state index in [0.29, 0.717) is 19.3 Å². The van der Waals surface area contributed by atoms with Gasteiger partial charge in [-0.2, -0.15) is 0 Å². The van der Waals surface area contributed by atoms with Crippen LogP contribution >= 0.6 is 0 Å². The van der Waals surface area contributed by atoms with E-state index in [9.17, 15) is 14.4 Å². The van der Waals surface area contributed by atoms with Crippen LogP contribution in [0.4, 0.5) is 0 Å². The topological polar surface area (TPSA) is 112 Å². The normalized spacial score (nSPS) is 11.8. The van der Waals surface area contributed by atoms with Crippen molar-refractivity contribution in [3.63, 3.8) is 0 Å². The number of allylic oxidation sites excluding steroid dienone is 2. The molecule has 0 fully saturated rings. The monoisotopic (exact) mass is 596 g/mol. The van der Waals surface area contributed by atoms with Gasteiger partial charge in [-0.05, 0) is 77.0 Å². The van der Waals surface area contributed by atoms with Crippen molar-refractivity contribution in [1.29, 1.82) is 0 Å². The van der Waals surface area contributed by atoms with E-state index in [4.69, 9.17) is 15.3 Å². The maximum atomic E-state index is 11.0. The van der Waals surface area contributed by atoms with Crippen molar-refractivity contribution in [2.75, 3.05) is 26.2 Å². The van der Waals surface area contributed by atoms with Crippen LogP contribution in [0.15, 0.2) is 12.2 Å². The van der Waals surface area contributed by atoms with Crippen molar-refractivity contribution in [1.82, 2.24) is 0 Å². The zero-order valence-corrected chi connectivity index (χ0v) is 27.2. The van der Waals surface area contributed by atoms with E-state index in [1.807, 2.05) is 0 Å². The van der Waals surface area contributed by atoms with Crippen molar-refractivity contribution in [3.8, 4) is 0 Å². The van der Waals surface area contributed by atoms with Gasteiger partial charge in [0.15, 0.2) is 0 Å². The minimum Gasteiger partial charge on any atom is -0.481 e. The third-order valence-electron chi connectivity index (χ3n) is 8.46. The zero-order chi connectivity index (χ0) is 31.2. The van der Waals surface area contributed by atoms with Gasteiger partial charge in [-0.1, -0.05) is 83.3 Å². The molecule has 0 aromatic heterocycles. The lowest BCUT2D eigenvalue weighted by molar-refractivity contribution is -0.929. The third-order valence-corrected chi connectivity index (χ3v) is 8.46. The summed E-state index contributed by atoms with van der Waals surface area (Å²) in [7, 11) is 0. The Balaban J connectivity index is 4.36. The Hall–Kier alpha value is -1.89.